The van der Waals surface area contributed by atoms with Crippen molar-refractivity contribution in [1.82, 2.24) is 9.55 Å². The SMILES string of the molecule is O=C1C(=Cc2nc3sc(-c4ccccc4)cc3n2-c2cc3ccccc3s2)C(=O)c2cc3ccccc3cc21. The zero-order chi connectivity index (χ0) is 26.1. The van der Waals surface area contributed by atoms with E-state index in [-0.39, 0.29) is 17.1 Å². The Morgan fingerprint density at radius 1 is 0.667 bits per heavy atom. The first-order valence-electron chi connectivity index (χ1n) is 12.5. The minimum Gasteiger partial charge on any atom is -0.288 e. The van der Waals surface area contributed by atoms with E-state index < -0.39 is 0 Å². The second-order valence-corrected chi connectivity index (χ2v) is 11.6. The molecule has 0 atom stereocenters. The molecule has 0 fully saturated rings. The maximum absolute atomic E-state index is 13.5. The van der Waals surface area contributed by atoms with Crippen LogP contribution >= 0.6 is 22.7 Å². The summed E-state index contributed by atoms with van der Waals surface area (Å²) in [4.78, 5) is 34.0. The summed E-state index contributed by atoms with van der Waals surface area (Å²) >= 11 is 3.27. The molecule has 1 aliphatic rings. The number of fused-ring (bicyclic) bond motifs is 4. The maximum Gasteiger partial charge on any atom is 0.197 e. The Morgan fingerprint density at radius 3 is 2.00 bits per heavy atom. The number of carbonyl (C=O) groups is 2. The van der Waals surface area contributed by atoms with Gasteiger partial charge in [0.15, 0.2) is 11.6 Å². The van der Waals surface area contributed by atoms with E-state index in [0.717, 1.165) is 41.9 Å². The van der Waals surface area contributed by atoms with Gasteiger partial charge in [0.25, 0.3) is 0 Å². The summed E-state index contributed by atoms with van der Waals surface area (Å²) in [5.74, 6) is 0.0800. The molecule has 0 spiro atoms. The van der Waals surface area contributed by atoms with Crippen LogP contribution in [-0.2, 0) is 0 Å². The van der Waals surface area contributed by atoms with E-state index in [1.54, 1.807) is 28.7 Å². The van der Waals surface area contributed by atoms with Gasteiger partial charge in [-0.2, -0.15) is 0 Å². The molecule has 3 aromatic heterocycles. The smallest absolute Gasteiger partial charge is 0.197 e. The second-order valence-electron chi connectivity index (χ2n) is 9.56. The van der Waals surface area contributed by atoms with E-state index in [1.165, 1.54) is 4.70 Å². The number of hydrogen-bond acceptors (Lipinski definition) is 5. The molecule has 4 aromatic carbocycles. The third-order valence-corrected chi connectivity index (χ3v) is 9.38. The fourth-order valence-corrected chi connectivity index (χ4v) is 7.42. The Kier molecular flexibility index (Phi) is 4.83. The van der Waals surface area contributed by atoms with E-state index in [2.05, 4.69) is 41.0 Å². The lowest BCUT2D eigenvalue weighted by atomic mass is 10.0. The molecule has 0 N–H and O–H groups in total. The van der Waals surface area contributed by atoms with Crippen molar-refractivity contribution >= 4 is 71.5 Å². The molecular formula is C33H18N2O2S2. The summed E-state index contributed by atoms with van der Waals surface area (Å²) in [5, 5.41) is 4.02. The Morgan fingerprint density at radius 2 is 1.31 bits per heavy atom. The highest BCUT2D eigenvalue weighted by Gasteiger charge is 2.34. The van der Waals surface area contributed by atoms with Crippen LogP contribution in [0.2, 0.25) is 0 Å². The average Bonchev–Trinajstić information content (AvgIpc) is 3.71. The normalized spacial score (nSPS) is 13.2. The number of benzene rings is 4. The van der Waals surface area contributed by atoms with Gasteiger partial charge in [0, 0.05) is 20.7 Å². The van der Waals surface area contributed by atoms with Gasteiger partial charge in [-0.3, -0.25) is 14.2 Å². The van der Waals surface area contributed by atoms with Crippen molar-refractivity contribution in [1.29, 1.82) is 0 Å². The molecule has 39 heavy (non-hydrogen) atoms. The van der Waals surface area contributed by atoms with E-state index >= 15 is 0 Å². The number of hydrogen-bond donors (Lipinski definition) is 0. The van der Waals surface area contributed by atoms with Crippen LogP contribution in [0.4, 0.5) is 0 Å². The minimum atomic E-state index is -0.250. The number of carbonyl (C=O) groups excluding carboxylic acids is 2. The maximum atomic E-state index is 13.5. The van der Waals surface area contributed by atoms with Crippen LogP contribution in [-0.4, -0.2) is 21.1 Å². The fourth-order valence-electron chi connectivity index (χ4n) is 5.31. The largest absolute Gasteiger partial charge is 0.288 e. The average molecular weight is 539 g/mol. The Bertz CT molecular complexity index is 2070. The molecule has 1 aliphatic carbocycles. The minimum absolute atomic E-state index is 0.156. The van der Waals surface area contributed by atoms with E-state index in [4.69, 9.17) is 4.98 Å². The Labute approximate surface area is 231 Å². The van der Waals surface area contributed by atoms with Crippen molar-refractivity contribution < 1.29 is 9.59 Å². The van der Waals surface area contributed by atoms with Gasteiger partial charge < -0.3 is 0 Å². The number of Topliss-reactive ketones (excluding diaryl/α,β-unsaturated/α-hetero) is 2. The standard InChI is InChI=1S/C33H18N2O2S2/c36-31-23-14-20-10-4-5-11-21(20)15-24(23)32(37)25(31)17-29-34-33-26(18-28(39-33)19-8-2-1-3-9-19)35(29)30-16-22-12-6-7-13-27(22)38-30/h1-18H. The molecule has 0 unspecified atom stereocenters. The summed E-state index contributed by atoms with van der Waals surface area (Å²) in [6.45, 7) is 0. The molecule has 7 aromatic rings. The Balaban J connectivity index is 1.33. The number of thiophene rings is 2. The van der Waals surface area contributed by atoms with Gasteiger partial charge in [0.1, 0.15) is 15.7 Å². The van der Waals surface area contributed by atoms with E-state index in [0.29, 0.717) is 17.0 Å². The van der Waals surface area contributed by atoms with Crippen LogP contribution < -0.4 is 0 Å². The van der Waals surface area contributed by atoms with Gasteiger partial charge in [-0.15, -0.1) is 22.7 Å². The zero-order valence-corrected chi connectivity index (χ0v) is 22.1. The quantitative estimate of drug-likeness (QED) is 0.167. The highest BCUT2D eigenvalue weighted by Crippen LogP contribution is 2.39. The molecule has 8 rings (SSSR count). The van der Waals surface area contributed by atoms with Gasteiger partial charge in [-0.25, -0.2) is 4.98 Å². The third-order valence-electron chi connectivity index (χ3n) is 7.21. The zero-order valence-electron chi connectivity index (χ0n) is 20.4. The van der Waals surface area contributed by atoms with Crippen LogP contribution in [0.5, 0.6) is 0 Å². The van der Waals surface area contributed by atoms with Crippen molar-refractivity contribution in [3.05, 3.63) is 126 Å². The second kappa shape index (κ2) is 8.43. The molecule has 0 bridgehead atoms. The van der Waals surface area contributed by atoms with E-state index in [9.17, 15) is 9.59 Å². The summed E-state index contributed by atoms with van der Waals surface area (Å²) in [6.07, 6.45) is 1.68. The number of ketones is 2. The Hall–Kier alpha value is -4.65. The van der Waals surface area contributed by atoms with Crippen LogP contribution in [0.15, 0.2) is 109 Å². The van der Waals surface area contributed by atoms with Crippen molar-refractivity contribution in [3.63, 3.8) is 0 Å². The number of allylic oxidation sites excluding steroid dienone is 1. The lowest BCUT2D eigenvalue weighted by Crippen LogP contribution is -2.03. The van der Waals surface area contributed by atoms with Gasteiger partial charge >= 0.3 is 0 Å². The number of nitrogens with zero attached hydrogens (tertiary/aromatic N) is 2. The van der Waals surface area contributed by atoms with Crippen LogP contribution in [0, 0.1) is 0 Å². The van der Waals surface area contributed by atoms with Crippen molar-refractivity contribution in [2.75, 3.05) is 0 Å². The number of aromatic nitrogens is 2. The van der Waals surface area contributed by atoms with Crippen LogP contribution in [0.3, 0.4) is 0 Å². The molecule has 4 nitrogen and oxygen atoms in total. The first-order valence-corrected chi connectivity index (χ1v) is 14.2. The third kappa shape index (κ3) is 3.46. The molecule has 0 radical (unpaired) electrons. The molecular weight excluding hydrogens is 521 g/mol. The van der Waals surface area contributed by atoms with E-state index in [1.807, 2.05) is 66.7 Å². The van der Waals surface area contributed by atoms with Crippen LogP contribution in [0.25, 0.3) is 52.7 Å². The highest BCUT2D eigenvalue weighted by atomic mass is 32.1. The van der Waals surface area contributed by atoms with Crippen molar-refractivity contribution in [3.8, 4) is 15.4 Å². The summed E-state index contributed by atoms with van der Waals surface area (Å²) in [5.41, 5.74) is 3.16. The fraction of sp³-hybridized carbons (Fsp3) is 0. The molecule has 0 amide bonds. The molecule has 0 saturated heterocycles. The predicted octanol–water partition coefficient (Wildman–Crippen LogP) is 8.58. The van der Waals surface area contributed by atoms with Crippen molar-refractivity contribution in [2.24, 2.45) is 0 Å². The summed E-state index contributed by atoms with van der Waals surface area (Å²) < 4.78 is 3.24. The number of imidazole rings is 1. The summed E-state index contributed by atoms with van der Waals surface area (Å²) in [6, 6.07) is 34.2. The molecule has 0 saturated carbocycles. The van der Waals surface area contributed by atoms with Gasteiger partial charge in [0.2, 0.25) is 0 Å². The molecule has 0 aliphatic heterocycles. The van der Waals surface area contributed by atoms with Crippen molar-refractivity contribution in [2.45, 2.75) is 0 Å². The first kappa shape index (κ1) is 22.3. The predicted molar refractivity (Wildman–Crippen MR) is 160 cm³/mol. The first-order chi connectivity index (χ1) is 19.1. The van der Waals surface area contributed by atoms with Gasteiger partial charge in [-0.1, -0.05) is 72.8 Å². The summed E-state index contributed by atoms with van der Waals surface area (Å²) in [7, 11) is 0. The topological polar surface area (TPSA) is 52.0 Å². The monoisotopic (exact) mass is 538 g/mol. The number of rotatable bonds is 3. The van der Waals surface area contributed by atoms with Gasteiger partial charge in [-0.05, 0) is 58.1 Å². The van der Waals surface area contributed by atoms with Gasteiger partial charge in [0.05, 0.1) is 11.1 Å². The lowest BCUT2D eigenvalue weighted by Gasteiger charge is -2.04. The molecule has 3 heterocycles. The molecule has 184 valence electrons. The highest BCUT2D eigenvalue weighted by molar-refractivity contribution is 7.22. The van der Waals surface area contributed by atoms with Crippen LogP contribution in [0.1, 0.15) is 26.5 Å². The molecule has 6 heteroatoms. The lowest BCUT2D eigenvalue weighted by molar-refractivity contribution is 0.0990.